The van der Waals surface area contributed by atoms with Crippen molar-refractivity contribution in [3.63, 3.8) is 0 Å². The monoisotopic (exact) mass is 259 g/mol. The predicted octanol–water partition coefficient (Wildman–Crippen LogP) is 2.10. The van der Waals surface area contributed by atoms with Crippen LogP contribution in [0.2, 0.25) is 0 Å². The van der Waals surface area contributed by atoms with Crippen LogP contribution in [0.15, 0.2) is 16.5 Å². The van der Waals surface area contributed by atoms with Gasteiger partial charge in [0.25, 0.3) is 0 Å². The van der Waals surface area contributed by atoms with E-state index in [-0.39, 0.29) is 11.5 Å². The Kier molecular flexibility index (Phi) is 5.71. The molecule has 98 valence electrons. The van der Waals surface area contributed by atoms with Crippen LogP contribution in [0.4, 0.5) is 0 Å². The Morgan fingerprint density at radius 1 is 1.18 bits per heavy atom. The maximum Gasteiger partial charge on any atom is 0.157 e. The minimum absolute atomic E-state index is 0.00855. The second-order valence-corrected chi connectivity index (χ2v) is 6.32. The van der Waals surface area contributed by atoms with Crippen molar-refractivity contribution in [2.75, 3.05) is 12.3 Å². The minimum Gasteiger partial charge on any atom is -0.464 e. The minimum atomic E-state index is -3.01. The number of nitrogens with one attached hydrogen (secondary N) is 1. The van der Waals surface area contributed by atoms with Crippen molar-refractivity contribution < 1.29 is 12.8 Å². The number of rotatable bonds is 8. The third-order valence-corrected chi connectivity index (χ3v) is 4.08. The quantitative estimate of drug-likeness (QED) is 0.726. The summed E-state index contributed by atoms with van der Waals surface area (Å²) < 4.78 is 28.7. The van der Waals surface area contributed by atoms with Crippen LogP contribution in [0, 0.1) is 0 Å². The molecule has 0 saturated heterocycles. The van der Waals surface area contributed by atoms with Gasteiger partial charge in [-0.1, -0.05) is 13.8 Å². The molecule has 0 bridgehead atoms. The van der Waals surface area contributed by atoms with E-state index in [1.807, 2.05) is 13.0 Å². The largest absolute Gasteiger partial charge is 0.464 e. The van der Waals surface area contributed by atoms with Gasteiger partial charge in [0.05, 0.1) is 12.3 Å². The molecule has 17 heavy (non-hydrogen) atoms. The Bertz CT molecular complexity index is 423. The van der Waals surface area contributed by atoms with Gasteiger partial charge in [0.1, 0.15) is 17.3 Å². The maximum absolute atomic E-state index is 11.6. The fourth-order valence-electron chi connectivity index (χ4n) is 1.58. The Labute approximate surface area is 103 Å². The highest BCUT2D eigenvalue weighted by Crippen LogP contribution is 2.12. The van der Waals surface area contributed by atoms with E-state index in [2.05, 4.69) is 12.2 Å². The predicted molar refractivity (Wildman–Crippen MR) is 68.5 cm³/mol. The van der Waals surface area contributed by atoms with Crippen LogP contribution < -0.4 is 5.32 Å². The molecule has 0 spiro atoms. The molecule has 5 heteroatoms. The molecule has 4 nitrogen and oxygen atoms in total. The van der Waals surface area contributed by atoms with E-state index in [1.165, 1.54) is 0 Å². The molecule has 0 amide bonds. The van der Waals surface area contributed by atoms with Crippen LogP contribution >= 0.6 is 0 Å². The molecule has 0 radical (unpaired) electrons. The van der Waals surface area contributed by atoms with E-state index in [9.17, 15) is 8.42 Å². The SMILES string of the molecule is CCCNCc1ccc(CS(=O)(=O)CCC)o1. The summed E-state index contributed by atoms with van der Waals surface area (Å²) in [4.78, 5) is 0. The Hall–Kier alpha value is -0.810. The van der Waals surface area contributed by atoms with Gasteiger partial charge in [-0.25, -0.2) is 8.42 Å². The lowest BCUT2D eigenvalue weighted by atomic mass is 10.4. The highest BCUT2D eigenvalue weighted by Gasteiger charge is 2.13. The average molecular weight is 259 g/mol. The second-order valence-electron chi connectivity index (χ2n) is 4.14. The van der Waals surface area contributed by atoms with Gasteiger partial charge >= 0.3 is 0 Å². The summed E-state index contributed by atoms with van der Waals surface area (Å²) in [5.74, 6) is 1.55. The lowest BCUT2D eigenvalue weighted by molar-refractivity contribution is 0.456. The van der Waals surface area contributed by atoms with Crippen molar-refractivity contribution >= 4 is 9.84 Å². The Morgan fingerprint density at radius 3 is 2.53 bits per heavy atom. The fourth-order valence-corrected chi connectivity index (χ4v) is 2.94. The van der Waals surface area contributed by atoms with Gasteiger partial charge < -0.3 is 9.73 Å². The van der Waals surface area contributed by atoms with Crippen molar-refractivity contribution in [1.29, 1.82) is 0 Å². The number of sulfone groups is 1. The van der Waals surface area contributed by atoms with E-state index >= 15 is 0 Å². The summed E-state index contributed by atoms with van der Waals surface area (Å²) in [6.07, 6.45) is 1.71. The van der Waals surface area contributed by atoms with Gasteiger partial charge in [-0.2, -0.15) is 0 Å². The molecule has 1 N–H and O–H groups in total. The molecule has 0 aliphatic rings. The molecule has 0 aliphatic carbocycles. The molecule has 0 saturated carbocycles. The zero-order valence-corrected chi connectivity index (χ0v) is 11.3. The summed E-state index contributed by atoms with van der Waals surface area (Å²) in [5, 5.41) is 3.21. The lowest BCUT2D eigenvalue weighted by Gasteiger charge is -2.01. The van der Waals surface area contributed by atoms with Crippen molar-refractivity contribution in [2.24, 2.45) is 0 Å². The topological polar surface area (TPSA) is 59.3 Å². The van der Waals surface area contributed by atoms with Gasteiger partial charge in [-0.15, -0.1) is 0 Å². The highest BCUT2D eigenvalue weighted by atomic mass is 32.2. The summed E-state index contributed by atoms with van der Waals surface area (Å²) in [6, 6.07) is 3.58. The van der Waals surface area contributed by atoms with Gasteiger partial charge in [0.2, 0.25) is 0 Å². The molecule has 1 aromatic rings. The normalized spacial score (nSPS) is 11.9. The molecule has 1 heterocycles. The maximum atomic E-state index is 11.6. The van der Waals surface area contributed by atoms with Crippen LogP contribution in [0.1, 0.15) is 38.2 Å². The molecule has 0 unspecified atom stereocenters. The molecule has 0 aliphatic heterocycles. The van der Waals surface area contributed by atoms with Crippen molar-refractivity contribution in [3.8, 4) is 0 Å². The third kappa shape index (κ3) is 5.37. The number of furan rings is 1. The first-order chi connectivity index (χ1) is 8.07. The third-order valence-electron chi connectivity index (χ3n) is 2.32. The van der Waals surface area contributed by atoms with E-state index in [0.29, 0.717) is 18.7 Å². The van der Waals surface area contributed by atoms with Crippen LogP contribution in [0.5, 0.6) is 0 Å². The molecule has 0 fully saturated rings. The highest BCUT2D eigenvalue weighted by molar-refractivity contribution is 7.90. The lowest BCUT2D eigenvalue weighted by Crippen LogP contribution is -2.13. The van der Waals surface area contributed by atoms with Gasteiger partial charge in [-0.05, 0) is 31.5 Å². The first-order valence-electron chi connectivity index (χ1n) is 6.06. The molecule has 1 aromatic heterocycles. The van der Waals surface area contributed by atoms with E-state index in [1.54, 1.807) is 6.07 Å². The first kappa shape index (κ1) is 14.3. The standard InChI is InChI=1S/C12H21NO3S/c1-3-7-13-9-11-5-6-12(16-11)10-17(14,15)8-4-2/h5-6,13H,3-4,7-10H2,1-2H3. The van der Waals surface area contributed by atoms with Crippen LogP contribution in [-0.4, -0.2) is 20.7 Å². The van der Waals surface area contributed by atoms with Gasteiger partial charge in [-0.3, -0.25) is 0 Å². The molecular weight excluding hydrogens is 238 g/mol. The number of hydrogen-bond donors (Lipinski definition) is 1. The van der Waals surface area contributed by atoms with E-state index < -0.39 is 9.84 Å². The molecule has 0 aromatic carbocycles. The van der Waals surface area contributed by atoms with Gasteiger partial charge in [0, 0.05) is 0 Å². The fraction of sp³-hybridized carbons (Fsp3) is 0.667. The van der Waals surface area contributed by atoms with E-state index in [4.69, 9.17) is 4.42 Å². The van der Waals surface area contributed by atoms with Crippen LogP contribution in [0.3, 0.4) is 0 Å². The van der Waals surface area contributed by atoms with Crippen LogP contribution in [0.25, 0.3) is 0 Å². The van der Waals surface area contributed by atoms with Crippen molar-refractivity contribution in [3.05, 3.63) is 23.7 Å². The smallest absolute Gasteiger partial charge is 0.157 e. The molecular formula is C12H21NO3S. The summed E-state index contributed by atoms with van der Waals surface area (Å²) in [6.45, 7) is 5.55. The Morgan fingerprint density at radius 2 is 1.88 bits per heavy atom. The zero-order chi connectivity index (χ0) is 12.7. The van der Waals surface area contributed by atoms with Crippen molar-refractivity contribution in [1.82, 2.24) is 5.32 Å². The van der Waals surface area contributed by atoms with Crippen LogP contribution in [-0.2, 0) is 22.1 Å². The van der Waals surface area contributed by atoms with Gasteiger partial charge in [0.15, 0.2) is 9.84 Å². The van der Waals surface area contributed by atoms with E-state index in [0.717, 1.165) is 18.7 Å². The summed E-state index contributed by atoms with van der Waals surface area (Å²) in [7, 11) is -3.01. The zero-order valence-electron chi connectivity index (χ0n) is 10.5. The number of hydrogen-bond acceptors (Lipinski definition) is 4. The summed E-state index contributed by atoms with van der Waals surface area (Å²) in [5.41, 5.74) is 0. The molecule has 0 atom stereocenters. The second kappa shape index (κ2) is 6.81. The molecule has 1 rings (SSSR count). The van der Waals surface area contributed by atoms with Crippen molar-refractivity contribution in [2.45, 2.75) is 39.0 Å². The Balaban J connectivity index is 2.51. The summed E-state index contributed by atoms with van der Waals surface area (Å²) >= 11 is 0. The average Bonchev–Trinajstić information content (AvgIpc) is 2.65. The first-order valence-corrected chi connectivity index (χ1v) is 7.88.